The molecule has 1 heterocycles. The molecule has 7 nitrogen and oxygen atoms in total. The van der Waals surface area contributed by atoms with E-state index in [4.69, 9.17) is 9.84 Å². The summed E-state index contributed by atoms with van der Waals surface area (Å²) in [5.74, 6) is -1.34. The summed E-state index contributed by atoms with van der Waals surface area (Å²) in [5, 5.41) is 13.8. The molecule has 1 atom stereocenters. The Balaban J connectivity index is 2.38. The van der Waals surface area contributed by atoms with Crippen molar-refractivity contribution in [3.8, 4) is 0 Å². The number of carboxylic acids is 1. The molecule has 0 aromatic rings. The summed E-state index contributed by atoms with van der Waals surface area (Å²) in [6.07, 6.45) is 1.50. The van der Waals surface area contributed by atoms with Crippen LogP contribution in [0, 0.1) is 11.3 Å². The molecule has 3 amide bonds. The van der Waals surface area contributed by atoms with Gasteiger partial charge in [0, 0.05) is 25.7 Å². The van der Waals surface area contributed by atoms with Crippen LogP contribution in [0.4, 0.5) is 4.79 Å². The molecular formula is C14H24N2O5. The molecule has 1 saturated heterocycles. The maximum Gasteiger partial charge on any atom is 0.321 e. The lowest BCUT2D eigenvalue weighted by atomic mass is 9.89. The first-order valence-corrected chi connectivity index (χ1v) is 7.14. The van der Waals surface area contributed by atoms with E-state index < -0.39 is 23.3 Å². The van der Waals surface area contributed by atoms with Gasteiger partial charge in [-0.1, -0.05) is 0 Å². The van der Waals surface area contributed by atoms with Gasteiger partial charge in [0.1, 0.15) is 0 Å². The topological polar surface area (TPSA) is 105 Å². The van der Waals surface area contributed by atoms with Crippen LogP contribution >= 0.6 is 0 Å². The van der Waals surface area contributed by atoms with Gasteiger partial charge in [-0.2, -0.15) is 0 Å². The molecule has 120 valence electrons. The van der Waals surface area contributed by atoms with Gasteiger partial charge < -0.3 is 15.2 Å². The molecule has 0 aliphatic carbocycles. The van der Waals surface area contributed by atoms with Crippen molar-refractivity contribution in [1.29, 1.82) is 0 Å². The van der Waals surface area contributed by atoms with Gasteiger partial charge in [-0.05, 0) is 39.5 Å². The first-order valence-electron chi connectivity index (χ1n) is 7.14. The molecular weight excluding hydrogens is 276 g/mol. The SMILES string of the molecule is CC(NC(=O)NC(=O)CC(C)(C)C(=O)O)C1CCOCC1. The minimum atomic E-state index is -1.20. The smallest absolute Gasteiger partial charge is 0.321 e. The summed E-state index contributed by atoms with van der Waals surface area (Å²) >= 11 is 0. The molecule has 21 heavy (non-hydrogen) atoms. The van der Waals surface area contributed by atoms with Crippen molar-refractivity contribution in [3.63, 3.8) is 0 Å². The highest BCUT2D eigenvalue weighted by Crippen LogP contribution is 2.20. The lowest BCUT2D eigenvalue weighted by Gasteiger charge is -2.28. The lowest BCUT2D eigenvalue weighted by molar-refractivity contribution is -0.149. The van der Waals surface area contributed by atoms with Crippen molar-refractivity contribution < 1.29 is 24.2 Å². The van der Waals surface area contributed by atoms with E-state index in [1.165, 1.54) is 13.8 Å². The number of aliphatic carboxylic acids is 1. The maximum atomic E-state index is 11.7. The zero-order valence-corrected chi connectivity index (χ0v) is 12.8. The van der Waals surface area contributed by atoms with Crippen LogP contribution in [0.2, 0.25) is 0 Å². The third kappa shape index (κ3) is 5.71. The molecule has 0 aromatic carbocycles. The first-order chi connectivity index (χ1) is 9.72. The monoisotopic (exact) mass is 300 g/mol. The van der Waals surface area contributed by atoms with E-state index >= 15 is 0 Å². The molecule has 0 radical (unpaired) electrons. The fraction of sp³-hybridized carbons (Fsp3) is 0.786. The van der Waals surface area contributed by atoms with Crippen LogP contribution in [0.25, 0.3) is 0 Å². The molecule has 0 saturated carbocycles. The normalized spacial score (nSPS) is 17.9. The van der Waals surface area contributed by atoms with Gasteiger partial charge >= 0.3 is 12.0 Å². The highest BCUT2D eigenvalue weighted by molar-refractivity contribution is 5.96. The van der Waals surface area contributed by atoms with E-state index in [0.717, 1.165) is 12.8 Å². The first kappa shape index (κ1) is 17.4. The average Bonchev–Trinajstić information content (AvgIpc) is 2.38. The van der Waals surface area contributed by atoms with Crippen molar-refractivity contribution in [2.75, 3.05) is 13.2 Å². The van der Waals surface area contributed by atoms with Crippen LogP contribution in [-0.2, 0) is 14.3 Å². The molecule has 7 heteroatoms. The number of rotatable bonds is 5. The van der Waals surface area contributed by atoms with Crippen molar-refractivity contribution in [1.82, 2.24) is 10.6 Å². The number of hydrogen-bond acceptors (Lipinski definition) is 4. The number of carbonyl (C=O) groups is 3. The summed E-state index contributed by atoms with van der Waals surface area (Å²) in [4.78, 5) is 34.4. The molecule has 1 unspecified atom stereocenters. The second-order valence-corrected chi connectivity index (χ2v) is 6.13. The Hall–Kier alpha value is -1.63. The summed E-state index contributed by atoms with van der Waals surface area (Å²) in [6, 6.07) is -0.644. The standard InChI is InChI=1S/C14H24N2O5/c1-9(10-4-6-21-7-5-10)15-13(20)16-11(17)8-14(2,3)12(18)19/h9-10H,4-8H2,1-3H3,(H,18,19)(H2,15,16,17,20). The van der Waals surface area contributed by atoms with E-state index in [9.17, 15) is 14.4 Å². The Morgan fingerprint density at radius 1 is 1.29 bits per heavy atom. The number of amides is 3. The van der Waals surface area contributed by atoms with E-state index in [1.54, 1.807) is 0 Å². The minimum Gasteiger partial charge on any atom is -0.481 e. The molecule has 3 N–H and O–H groups in total. The largest absolute Gasteiger partial charge is 0.481 e. The quantitative estimate of drug-likeness (QED) is 0.706. The zero-order chi connectivity index (χ0) is 16.0. The third-order valence-corrected chi connectivity index (χ3v) is 3.77. The van der Waals surface area contributed by atoms with Gasteiger partial charge in [-0.3, -0.25) is 14.9 Å². The third-order valence-electron chi connectivity index (χ3n) is 3.77. The number of nitrogens with one attached hydrogen (secondary N) is 2. The van der Waals surface area contributed by atoms with Crippen LogP contribution in [0.15, 0.2) is 0 Å². The van der Waals surface area contributed by atoms with Crippen LogP contribution in [0.3, 0.4) is 0 Å². The van der Waals surface area contributed by atoms with Crippen molar-refractivity contribution in [3.05, 3.63) is 0 Å². The number of carboxylic acid groups (broad SMARTS) is 1. The predicted octanol–water partition coefficient (Wildman–Crippen LogP) is 1.13. The van der Waals surface area contributed by atoms with Gasteiger partial charge in [0.15, 0.2) is 0 Å². The number of hydrogen-bond donors (Lipinski definition) is 3. The summed E-state index contributed by atoms with van der Waals surface area (Å²) in [7, 11) is 0. The van der Waals surface area contributed by atoms with Gasteiger partial charge in [-0.15, -0.1) is 0 Å². The Kier molecular flexibility index (Phi) is 6.14. The van der Waals surface area contributed by atoms with E-state index in [-0.39, 0.29) is 12.5 Å². The number of carbonyl (C=O) groups excluding carboxylic acids is 2. The van der Waals surface area contributed by atoms with Gasteiger partial charge in [0.05, 0.1) is 5.41 Å². The van der Waals surface area contributed by atoms with Crippen LogP contribution in [0.1, 0.15) is 40.0 Å². The predicted molar refractivity (Wildman–Crippen MR) is 75.7 cm³/mol. The average molecular weight is 300 g/mol. The fourth-order valence-corrected chi connectivity index (χ4v) is 2.22. The van der Waals surface area contributed by atoms with Gasteiger partial charge in [0.2, 0.25) is 5.91 Å². The maximum absolute atomic E-state index is 11.7. The number of imide groups is 1. The molecule has 0 spiro atoms. The van der Waals surface area contributed by atoms with Crippen LogP contribution in [0.5, 0.6) is 0 Å². The molecule has 1 aliphatic rings. The summed E-state index contributed by atoms with van der Waals surface area (Å²) in [5.41, 5.74) is -1.20. The van der Waals surface area contributed by atoms with Crippen LogP contribution in [-0.4, -0.2) is 42.3 Å². The highest BCUT2D eigenvalue weighted by atomic mass is 16.5. The van der Waals surface area contributed by atoms with Crippen molar-refractivity contribution in [2.45, 2.75) is 46.1 Å². The lowest BCUT2D eigenvalue weighted by Crippen LogP contribution is -2.48. The van der Waals surface area contributed by atoms with Gasteiger partial charge in [0.25, 0.3) is 0 Å². The molecule has 0 bridgehead atoms. The number of ether oxygens (including phenoxy) is 1. The van der Waals surface area contributed by atoms with Crippen molar-refractivity contribution >= 4 is 17.9 Å². The molecule has 1 rings (SSSR count). The fourth-order valence-electron chi connectivity index (χ4n) is 2.22. The van der Waals surface area contributed by atoms with E-state index in [1.807, 2.05) is 6.92 Å². The van der Waals surface area contributed by atoms with E-state index in [2.05, 4.69) is 10.6 Å². The van der Waals surface area contributed by atoms with E-state index in [0.29, 0.717) is 19.1 Å². The minimum absolute atomic E-state index is 0.0609. The van der Waals surface area contributed by atoms with Gasteiger partial charge in [-0.25, -0.2) is 4.79 Å². The summed E-state index contributed by atoms with van der Waals surface area (Å²) < 4.78 is 5.26. The van der Waals surface area contributed by atoms with Crippen LogP contribution < -0.4 is 10.6 Å². The Labute approximate surface area is 124 Å². The van der Waals surface area contributed by atoms with Crippen molar-refractivity contribution in [2.24, 2.45) is 11.3 Å². The Morgan fingerprint density at radius 2 is 1.86 bits per heavy atom. The molecule has 1 aliphatic heterocycles. The highest BCUT2D eigenvalue weighted by Gasteiger charge is 2.31. The number of urea groups is 1. The molecule has 1 fully saturated rings. The second kappa shape index (κ2) is 7.40. The Morgan fingerprint density at radius 3 is 2.38 bits per heavy atom. The Bertz CT molecular complexity index is 402. The summed E-state index contributed by atoms with van der Waals surface area (Å²) in [6.45, 7) is 6.14. The second-order valence-electron chi connectivity index (χ2n) is 6.13. The molecule has 0 aromatic heterocycles. The zero-order valence-electron chi connectivity index (χ0n) is 12.8.